The average molecular weight is 327 g/mol. The Morgan fingerprint density at radius 3 is 2.75 bits per heavy atom. The van der Waals surface area contributed by atoms with Gasteiger partial charge in [0.05, 0.1) is 0 Å². The molecule has 128 valence electrons. The summed E-state index contributed by atoms with van der Waals surface area (Å²) in [6.45, 7) is 5.71. The van der Waals surface area contributed by atoms with Crippen LogP contribution in [0.15, 0.2) is 30.5 Å². The van der Waals surface area contributed by atoms with Crippen LogP contribution in [0.2, 0.25) is 0 Å². The molecule has 0 aliphatic rings. The number of aryl methyl sites for hydroxylation is 2. The van der Waals surface area contributed by atoms with E-state index in [-0.39, 0.29) is 5.91 Å². The van der Waals surface area contributed by atoms with Crippen LogP contribution in [0.3, 0.4) is 0 Å². The molecule has 0 aliphatic heterocycles. The Bertz CT molecular complexity index is 700. The minimum Gasteiger partial charge on any atom is -0.354 e. The Morgan fingerprint density at radius 1 is 1.21 bits per heavy atom. The van der Waals surface area contributed by atoms with Gasteiger partial charge in [-0.05, 0) is 64.2 Å². The van der Waals surface area contributed by atoms with Crippen LogP contribution in [0.5, 0.6) is 0 Å². The van der Waals surface area contributed by atoms with Crippen LogP contribution < -0.4 is 10.6 Å². The summed E-state index contributed by atoms with van der Waals surface area (Å²) in [5, 5.41) is 6.06. The summed E-state index contributed by atoms with van der Waals surface area (Å²) in [5.41, 5.74) is 3.27. The van der Waals surface area contributed by atoms with Gasteiger partial charge in [-0.15, -0.1) is 0 Å². The summed E-state index contributed by atoms with van der Waals surface area (Å²) < 4.78 is 0. The second kappa shape index (κ2) is 8.40. The molecule has 1 aromatic carbocycles. The van der Waals surface area contributed by atoms with Gasteiger partial charge in [0, 0.05) is 18.4 Å². The van der Waals surface area contributed by atoms with E-state index in [2.05, 4.69) is 25.5 Å². The molecule has 0 radical (unpaired) electrons. The van der Waals surface area contributed by atoms with Crippen LogP contribution in [-0.2, 0) is 0 Å². The number of hydrogen-bond acceptors (Lipinski definition) is 5. The summed E-state index contributed by atoms with van der Waals surface area (Å²) in [7, 11) is 4.07. The van der Waals surface area contributed by atoms with Gasteiger partial charge in [0.2, 0.25) is 5.95 Å². The van der Waals surface area contributed by atoms with Crippen LogP contribution in [0, 0.1) is 13.8 Å². The molecule has 2 rings (SSSR count). The van der Waals surface area contributed by atoms with Gasteiger partial charge in [-0.25, -0.2) is 9.97 Å². The molecule has 0 unspecified atom stereocenters. The number of nitrogens with one attached hydrogen (secondary N) is 2. The van der Waals surface area contributed by atoms with Crippen LogP contribution in [0.25, 0.3) is 0 Å². The van der Waals surface area contributed by atoms with Gasteiger partial charge in [-0.3, -0.25) is 4.79 Å². The molecule has 6 nitrogen and oxygen atoms in total. The number of nitrogens with zero attached hydrogens (tertiary/aromatic N) is 3. The van der Waals surface area contributed by atoms with Crippen LogP contribution >= 0.6 is 0 Å². The average Bonchev–Trinajstić information content (AvgIpc) is 2.55. The third-order valence-electron chi connectivity index (χ3n) is 3.59. The lowest BCUT2D eigenvalue weighted by Gasteiger charge is -2.11. The van der Waals surface area contributed by atoms with Crippen molar-refractivity contribution < 1.29 is 4.79 Å². The largest absolute Gasteiger partial charge is 0.354 e. The molecule has 0 aliphatic carbocycles. The lowest BCUT2D eigenvalue weighted by Crippen LogP contribution is -2.18. The van der Waals surface area contributed by atoms with Crippen molar-refractivity contribution in [3.8, 4) is 0 Å². The summed E-state index contributed by atoms with van der Waals surface area (Å²) >= 11 is 0. The fraction of sp³-hybridized carbons (Fsp3) is 0.389. The number of benzene rings is 1. The minimum atomic E-state index is -0.234. The Morgan fingerprint density at radius 2 is 2.00 bits per heavy atom. The van der Waals surface area contributed by atoms with E-state index in [4.69, 9.17) is 0 Å². The molecule has 0 atom stereocenters. The van der Waals surface area contributed by atoms with E-state index in [0.717, 1.165) is 36.3 Å². The first-order valence-electron chi connectivity index (χ1n) is 8.06. The maximum atomic E-state index is 12.4. The molecular formula is C18H25N5O. The van der Waals surface area contributed by atoms with E-state index >= 15 is 0 Å². The summed E-state index contributed by atoms with van der Waals surface area (Å²) in [6.07, 6.45) is 2.58. The Kier molecular flexibility index (Phi) is 6.26. The molecule has 0 saturated heterocycles. The highest BCUT2D eigenvalue weighted by molar-refractivity contribution is 6.03. The second-order valence-corrected chi connectivity index (χ2v) is 6.12. The zero-order valence-corrected chi connectivity index (χ0v) is 14.8. The van der Waals surface area contributed by atoms with Crippen molar-refractivity contribution in [2.75, 3.05) is 37.8 Å². The third kappa shape index (κ3) is 5.31. The molecule has 0 bridgehead atoms. The molecular weight excluding hydrogens is 302 g/mol. The number of hydrogen-bond donors (Lipinski definition) is 2. The molecule has 24 heavy (non-hydrogen) atoms. The molecule has 1 aromatic heterocycles. The number of amides is 1. The quantitative estimate of drug-likeness (QED) is 0.765. The van der Waals surface area contributed by atoms with Crippen molar-refractivity contribution in [2.24, 2.45) is 0 Å². The first kappa shape index (κ1) is 17.9. The maximum Gasteiger partial charge on any atom is 0.274 e. The predicted molar refractivity (Wildman–Crippen MR) is 97.6 cm³/mol. The van der Waals surface area contributed by atoms with Gasteiger partial charge in [-0.2, -0.15) is 0 Å². The fourth-order valence-corrected chi connectivity index (χ4v) is 2.22. The molecule has 0 fully saturated rings. The van der Waals surface area contributed by atoms with E-state index in [1.54, 1.807) is 12.3 Å². The molecule has 1 heterocycles. The van der Waals surface area contributed by atoms with Gasteiger partial charge < -0.3 is 15.5 Å². The predicted octanol–water partition coefficient (Wildman–Crippen LogP) is 2.71. The second-order valence-electron chi connectivity index (χ2n) is 6.12. The van der Waals surface area contributed by atoms with Gasteiger partial charge in [-0.1, -0.05) is 12.1 Å². The Balaban J connectivity index is 1.99. The smallest absolute Gasteiger partial charge is 0.274 e. The zero-order chi connectivity index (χ0) is 17.5. The molecule has 6 heteroatoms. The summed E-state index contributed by atoms with van der Waals surface area (Å²) in [5.74, 6) is 0.241. The Labute approximate surface area is 143 Å². The third-order valence-corrected chi connectivity index (χ3v) is 3.59. The fourth-order valence-electron chi connectivity index (χ4n) is 2.22. The van der Waals surface area contributed by atoms with E-state index in [0.29, 0.717) is 11.6 Å². The van der Waals surface area contributed by atoms with Gasteiger partial charge in [0.15, 0.2) is 0 Å². The van der Waals surface area contributed by atoms with Crippen molar-refractivity contribution in [1.29, 1.82) is 0 Å². The number of carbonyl (C=O) groups is 1. The number of anilines is 2. The van der Waals surface area contributed by atoms with E-state index in [1.807, 2.05) is 46.1 Å². The molecule has 0 spiro atoms. The summed E-state index contributed by atoms with van der Waals surface area (Å²) in [6, 6.07) is 7.58. The zero-order valence-electron chi connectivity index (χ0n) is 14.8. The number of aromatic nitrogens is 2. The van der Waals surface area contributed by atoms with Crippen LogP contribution in [0.1, 0.15) is 28.0 Å². The van der Waals surface area contributed by atoms with E-state index < -0.39 is 0 Å². The topological polar surface area (TPSA) is 70.2 Å². The normalized spacial score (nSPS) is 10.7. The first-order valence-corrected chi connectivity index (χ1v) is 8.06. The van der Waals surface area contributed by atoms with Gasteiger partial charge >= 0.3 is 0 Å². The van der Waals surface area contributed by atoms with Crippen molar-refractivity contribution in [3.63, 3.8) is 0 Å². The van der Waals surface area contributed by atoms with E-state index in [1.165, 1.54) is 0 Å². The van der Waals surface area contributed by atoms with E-state index in [9.17, 15) is 4.79 Å². The van der Waals surface area contributed by atoms with Crippen LogP contribution in [-0.4, -0.2) is 48.0 Å². The lowest BCUT2D eigenvalue weighted by atomic mass is 10.1. The van der Waals surface area contributed by atoms with Gasteiger partial charge in [0.25, 0.3) is 5.91 Å². The van der Waals surface area contributed by atoms with Gasteiger partial charge in [0.1, 0.15) is 5.69 Å². The molecule has 1 amide bonds. The van der Waals surface area contributed by atoms with Crippen molar-refractivity contribution in [1.82, 2.24) is 14.9 Å². The highest BCUT2D eigenvalue weighted by Crippen LogP contribution is 2.17. The van der Waals surface area contributed by atoms with Crippen molar-refractivity contribution in [2.45, 2.75) is 20.3 Å². The standard InChI is InChI=1S/C18H25N5O/c1-13-6-7-14(2)16(12-13)21-17(24)15-8-10-20-18(22-15)19-9-5-11-23(3)4/h6-8,10,12H,5,9,11H2,1-4H3,(H,21,24)(H,19,20,22). The SMILES string of the molecule is Cc1ccc(C)c(NC(=O)c2ccnc(NCCCN(C)C)n2)c1. The van der Waals surface area contributed by atoms with Crippen LogP contribution in [0.4, 0.5) is 11.6 Å². The summed E-state index contributed by atoms with van der Waals surface area (Å²) in [4.78, 5) is 23.0. The molecule has 2 aromatic rings. The monoisotopic (exact) mass is 327 g/mol. The first-order chi connectivity index (χ1) is 11.5. The highest BCUT2D eigenvalue weighted by Gasteiger charge is 2.10. The minimum absolute atomic E-state index is 0.234. The lowest BCUT2D eigenvalue weighted by molar-refractivity contribution is 0.102. The Hall–Kier alpha value is -2.47. The highest BCUT2D eigenvalue weighted by atomic mass is 16.1. The molecule has 0 saturated carbocycles. The molecule has 2 N–H and O–H groups in total. The number of carbonyl (C=O) groups excluding carboxylic acids is 1. The van der Waals surface area contributed by atoms with Crippen molar-refractivity contribution >= 4 is 17.5 Å². The van der Waals surface area contributed by atoms with Crippen molar-refractivity contribution in [3.05, 3.63) is 47.3 Å². The number of rotatable bonds is 7. The maximum absolute atomic E-state index is 12.4.